The summed E-state index contributed by atoms with van der Waals surface area (Å²) < 4.78 is 0. The third kappa shape index (κ3) is 2.10. The lowest BCUT2D eigenvalue weighted by Crippen LogP contribution is -2.21. The number of hydrogen-bond donors (Lipinski definition) is 1. The van der Waals surface area contributed by atoms with Gasteiger partial charge in [0.15, 0.2) is 0 Å². The molecule has 2 aliphatic carbocycles. The highest BCUT2D eigenvalue weighted by Crippen LogP contribution is 2.38. The number of allylic oxidation sites excluding steroid dienone is 2. The molecule has 1 heteroatoms. The van der Waals surface area contributed by atoms with Crippen LogP contribution in [0.1, 0.15) is 51.4 Å². The normalized spacial score (nSPS) is 26.6. The monoisotopic (exact) mass is 165 g/mol. The van der Waals surface area contributed by atoms with Crippen LogP contribution < -0.4 is 5.73 Å². The Bertz CT molecular complexity index is 189. The highest BCUT2D eigenvalue weighted by atomic mass is 14.8. The fourth-order valence-electron chi connectivity index (χ4n) is 1.95. The highest BCUT2D eigenvalue weighted by molar-refractivity contribution is 5.08. The van der Waals surface area contributed by atoms with Crippen LogP contribution in [0.3, 0.4) is 0 Å². The summed E-state index contributed by atoms with van der Waals surface area (Å²) in [5, 5.41) is 0. The van der Waals surface area contributed by atoms with Crippen molar-refractivity contribution in [1.82, 2.24) is 0 Å². The van der Waals surface area contributed by atoms with Crippen molar-refractivity contribution in [3.8, 4) is 0 Å². The van der Waals surface area contributed by atoms with Gasteiger partial charge in [0.05, 0.1) is 0 Å². The lowest BCUT2D eigenvalue weighted by molar-refractivity contribution is 0.579. The standard InChI is InChI=1S/C11H19N/c12-11(8-9-11)7-6-10-4-2-1-3-5-10/h4H,1-3,5-9,12H2. The molecule has 2 rings (SSSR count). The second-order valence-corrected chi connectivity index (χ2v) is 4.47. The predicted octanol–water partition coefficient (Wildman–Crippen LogP) is 2.76. The van der Waals surface area contributed by atoms with Crippen LogP contribution in [-0.2, 0) is 0 Å². The lowest BCUT2D eigenvalue weighted by Gasteiger charge is -2.14. The van der Waals surface area contributed by atoms with Crippen LogP contribution in [-0.4, -0.2) is 5.54 Å². The van der Waals surface area contributed by atoms with E-state index in [9.17, 15) is 0 Å². The molecule has 0 spiro atoms. The van der Waals surface area contributed by atoms with E-state index in [0.717, 1.165) is 0 Å². The summed E-state index contributed by atoms with van der Waals surface area (Å²) in [7, 11) is 0. The van der Waals surface area contributed by atoms with Gasteiger partial charge in [0, 0.05) is 5.54 Å². The Morgan fingerprint density at radius 3 is 2.75 bits per heavy atom. The van der Waals surface area contributed by atoms with Gasteiger partial charge in [0.2, 0.25) is 0 Å². The zero-order chi connectivity index (χ0) is 8.44. The van der Waals surface area contributed by atoms with Crippen LogP contribution in [0, 0.1) is 0 Å². The van der Waals surface area contributed by atoms with Crippen LogP contribution in [0.4, 0.5) is 0 Å². The van der Waals surface area contributed by atoms with Gasteiger partial charge < -0.3 is 5.73 Å². The van der Waals surface area contributed by atoms with Gasteiger partial charge in [-0.15, -0.1) is 0 Å². The summed E-state index contributed by atoms with van der Waals surface area (Å²) in [5.74, 6) is 0. The van der Waals surface area contributed by atoms with Crippen LogP contribution in [0.15, 0.2) is 11.6 Å². The quantitative estimate of drug-likeness (QED) is 0.639. The number of nitrogens with two attached hydrogens (primary N) is 1. The molecule has 0 aromatic carbocycles. The van der Waals surface area contributed by atoms with Gasteiger partial charge in [0.1, 0.15) is 0 Å². The third-order valence-electron chi connectivity index (χ3n) is 3.22. The van der Waals surface area contributed by atoms with E-state index in [0.29, 0.717) is 0 Å². The van der Waals surface area contributed by atoms with Crippen LogP contribution in [0.25, 0.3) is 0 Å². The maximum absolute atomic E-state index is 6.04. The first-order valence-electron chi connectivity index (χ1n) is 5.25. The average Bonchev–Trinajstić information content (AvgIpc) is 2.84. The molecule has 0 aliphatic heterocycles. The average molecular weight is 165 g/mol. The first kappa shape index (κ1) is 8.31. The maximum Gasteiger partial charge on any atom is 0.0158 e. The molecule has 0 saturated heterocycles. The third-order valence-corrected chi connectivity index (χ3v) is 3.22. The summed E-state index contributed by atoms with van der Waals surface area (Å²) in [6.45, 7) is 0. The minimum atomic E-state index is 0.262. The summed E-state index contributed by atoms with van der Waals surface area (Å²) in [6, 6.07) is 0. The molecule has 2 aliphatic rings. The van der Waals surface area contributed by atoms with E-state index in [1.54, 1.807) is 5.57 Å². The Labute approximate surface area is 75.0 Å². The fraction of sp³-hybridized carbons (Fsp3) is 0.818. The van der Waals surface area contributed by atoms with Gasteiger partial charge in [0.25, 0.3) is 0 Å². The van der Waals surface area contributed by atoms with Crippen molar-refractivity contribution in [1.29, 1.82) is 0 Å². The second kappa shape index (κ2) is 3.21. The topological polar surface area (TPSA) is 26.0 Å². The van der Waals surface area contributed by atoms with Crippen LogP contribution in [0.2, 0.25) is 0 Å². The molecule has 0 atom stereocenters. The van der Waals surface area contributed by atoms with E-state index >= 15 is 0 Å². The van der Waals surface area contributed by atoms with Crippen molar-refractivity contribution in [3.63, 3.8) is 0 Å². The second-order valence-electron chi connectivity index (χ2n) is 4.47. The van der Waals surface area contributed by atoms with Crippen LogP contribution >= 0.6 is 0 Å². The predicted molar refractivity (Wildman–Crippen MR) is 51.9 cm³/mol. The highest BCUT2D eigenvalue weighted by Gasteiger charge is 2.37. The Morgan fingerprint density at radius 1 is 1.33 bits per heavy atom. The van der Waals surface area contributed by atoms with Crippen LogP contribution in [0.5, 0.6) is 0 Å². The molecule has 68 valence electrons. The van der Waals surface area contributed by atoms with Gasteiger partial charge in [-0.05, 0) is 51.4 Å². The smallest absolute Gasteiger partial charge is 0.0158 e. The Morgan fingerprint density at radius 2 is 2.17 bits per heavy atom. The zero-order valence-corrected chi connectivity index (χ0v) is 7.81. The molecule has 0 amide bonds. The molecule has 1 saturated carbocycles. The van der Waals surface area contributed by atoms with Gasteiger partial charge in [-0.3, -0.25) is 0 Å². The molecular weight excluding hydrogens is 146 g/mol. The fourth-order valence-corrected chi connectivity index (χ4v) is 1.95. The summed E-state index contributed by atoms with van der Waals surface area (Å²) in [6.07, 6.45) is 12.9. The van der Waals surface area contributed by atoms with Gasteiger partial charge in [-0.25, -0.2) is 0 Å². The van der Waals surface area contributed by atoms with Crippen molar-refractivity contribution in [2.75, 3.05) is 0 Å². The maximum atomic E-state index is 6.04. The van der Waals surface area contributed by atoms with E-state index in [4.69, 9.17) is 5.73 Å². The molecular formula is C11H19N. The van der Waals surface area contributed by atoms with Crippen molar-refractivity contribution in [2.45, 2.75) is 56.9 Å². The molecule has 12 heavy (non-hydrogen) atoms. The van der Waals surface area contributed by atoms with Crippen molar-refractivity contribution < 1.29 is 0 Å². The molecule has 0 aromatic heterocycles. The summed E-state index contributed by atoms with van der Waals surface area (Å²) >= 11 is 0. The lowest BCUT2D eigenvalue weighted by atomic mass is 9.94. The molecule has 0 unspecified atom stereocenters. The molecule has 0 aromatic rings. The van der Waals surface area contributed by atoms with E-state index in [-0.39, 0.29) is 5.54 Å². The van der Waals surface area contributed by atoms with Gasteiger partial charge in [-0.2, -0.15) is 0 Å². The Balaban J connectivity index is 1.75. The molecule has 2 N–H and O–H groups in total. The summed E-state index contributed by atoms with van der Waals surface area (Å²) in [5.41, 5.74) is 7.98. The Kier molecular flexibility index (Phi) is 2.22. The van der Waals surface area contributed by atoms with Crippen molar-refractivity contribution in [2.24, 2.45) is 5.73 Å². The van der Waals surface area contributed by atoms with Gasteiger partial charge in [-0.1, -0.05) is 11.6 Å². The zero-order valence-electron chi connectivity index (χ0n) is 7.81. The molecule has 0 radical (unpaired) electrons. The van der Waals surface area contributed by atoms with E-state index in [1.165, 1.54) is 51.4 Å². The summed E-state index contributed by atoms with van der Waals surface area (Å²) in [4.78, 5) is 0. The number of rotatable bonds is 3. The van der Waals surface area contributed by atoms with Crippen molar-refractivity contribution >= 4 is 0 Å². The molecule has 0 heterocycles. The SMILES string of the molecule is NC1(CCC2=CCCCC2)CC1. The largest absolute Gasteiger partial charge is 0.325 e. The Hall–Kier alpha value is -0.300. The van der Waals surface area contributed by atoms with E-state index < -0.39 is 0 Å². The van der Waals surface area contributed by atoms with E-state index in [2.05, 4.69) is 6.08 Å². The molecule has 1 fully saturated rings. The van der Waals surface area contributed by atoms with Gasteiger partial charge >= 0.3 is 0 Å². The molecule has 0 bridgehead atoms. The minimum absolute atomic E-state index is 0.262. The van der Waals surface area contributed by atoms with Crippen molar-refractivity contribution in [3.05, 3.63) is 11.6 Å². The molecule has 1 nitrogen and oxygen atoms in total. The first-order valence-corrected chi connectivity index (χ1v) is 5.25. The minimum Gasteiger partial charge on any atom is -0.325 e. The number of hydrogen-bond acceptors (Lipinski definition) is 1. The first-order chi connectivity index (χ1) is 5.79. The van der Waals surface area contributed by atoms with E-state index in [1.807, 2.05) is 0 Å².